The van der Waals surface area contributed by atoms with Crippen LogP contribution >= 0.6 is 23.4 Å². The minimum absolute atomic E-state index is 0. The van der Waals surface area contributed by atoms with Gasteiger partial charge in [-0.1, -0.05) is 23.4 Å². The number of anilines is 1. The van der Waals surface area contributed by atoms with E-state index in [4.69, 9.17) is 16.3 Å². The van der Waals surface area contributed by atoms with Crippen molar-refractivity contribution < 1.29 is 17.9 Å². The van der Waals surface area contributed by atoms with Crippen molar-refractivity contribution in [2.45, 2.75) is 43.1 Å². The first-order chi connectivity index (χ1) is 13.5. The summed E-state index contributed by atoms with van der Waals surface area (Å²) in [7, 11) is -3.94. The molecule has 0 bridgehead atoms. The third-order valence-corrected chi connectivity index (χ3v) is 6.79. The first kappa shape index (κ1) is 23.4. The first-order valence-corrected chi connectivity index (χ1v) is 11.5. The molecule has 1 aromatic carbocycles. The van der Waals surface area contributed by atoms with Crippen molar-refractivity contribution >= 4 is 85.6 Å². The number of thioether (sulfide) groups is 1. The number of benzene rings is 1. The molecule has 0 saturated carbocycles. The third-order valence-electron chi connectivity index (χ3n) is 4.03. The number of fused-ring (bicyclic) bond motifs is 2. The van der Waals surface area contributed by atoms with Gasteiger partial charge < -0.3 is 9.30 Å². The van der Waals surface area contributed by atoms with E-state index in [9.17, 15) is 13.2 Å². The minimum Gasteiger partial charge on any atom is -0.442 e. The van der Waals surface area contributed by atoms with Crippen LogP contribution in [-0.2, 0) is 21.3 Å². The van der Waals surface area contributed by atoms with Gasteiger partial charge in [0.05, 0.1) is 11.7 Å². The Bertz CT molecular complexity index is 1230. The Balaban J connectivity index is 0.00000256. The average Bonchev–Trinajstić information content (AvgIpc) is 3.25. The van der Waals surface area contributed by atoms with Gasteiger partial charge in [0.15, 0.2) is 15.3 Å². The molecule has 1 radical (unpaired) electrons. The molecule has 0 unspecified atom stereocenters. The monoisotopic (exact) mass is 478 g/mol. The molecule has 0 saturated heterocycles. The van der Waals surface area contributed by atoms with E-state index in [2.05, 4.69) is 14.8 Å². The summed E-state index contributed by atoms with van der Waals surface area (Å²) in [5.41, 5.74) is 0.161. The van der Waals surface area contributed by atoms with Crippen LogP contribution in [0.15, 0.2) is 34.6 Å². The van der Waals surface area contributed by atoms with E-state index in [1.165, 1.54) is 18.0 Å². The molecule has 2 aromatic heterocycles. The molecule has 1 aliphatic heterocycles. The Hall–Kier alpha value is -1.24. The molecule has 4 rings (SSSR count). The van der Waals surface area contributed by atoms with Gasteiger partial charge >= 0.3 is 6.09 Å². The van der Waals surface area contributed by atoms with E-state index in [0.29, 0.717) is 28.3 Å². The normalized spacial score (nSPS) is 13.7. The van der Waals surface area contributed by atoms with Gasteiger partial charge in [0.1, 0.15) is 5.60 Å². The number of imidazole rings is 1. The van der Waals surface area contributed by atoms with Gasteiger partial charge in [0.25, 0.3) is 10.0 Å². The quantitative estimate of drug-likeness (QED) is 0.576. The van der Waals surface area contributed by atoms with Crippen LogP contribution in [0.5, 0.6) is 0 Å². The van der Waals surface area contributed by atoms with Crippen LogP contribution in [0.2, 0.25) is 5.15 Å². The van der Waals surface area contributed by atoms with Gasteiger partial charge in [-0.25, -0.2) is 9.78 Å². The van der Waals surface area contributed by atoms with Crippen molar-refractivity contribution in [1.29, 1.82) is 0 Å². The number of hydrogen-bond acceptors (Lipinski definition) is 7. The van der Waals surface area contributed by atoms with E-state index in [1.54, 1.807) is 43.5 Å². The van der Waals surface area contributed by atoms with Gasteiger partial charge in [0, 0.05) is 52.9 Å². The molecule has 0 fully saturated rings. The predicted octanol–water partition coefficient (Wildman–Crippen LogP) is 3.20. The van der Waals surface area contributed by atoms with E-state index >= 15 is 0 Å². The van der Waals surface area contributed by atoms with Crippen molar-refractivity contribution in [1.82, 2.24) is 19.3 Å². The van der Waals surface area contributed by atoms with Gasteiger partial charge in [-0.05, 0) is 39.0 Å². The topological polar surface area (TPSA) is 108 Å². The molecule has 0 amide bonds. The zero-order chi connectivity index (χ0) is 21.0. The van der Waals surface area contributed by atoms with Crippen LogP contribution in [0.25, 0.3) is 10.9 Å². The summed E-state index contributed by atoms with van der Waals surface area (Å²) < 4.78 is 36.4. The van der Waals surface area contributed by atoms with Crippen LogP contribution < -0.4 is 4.72 Å². The van der Waals surface area contributed by atoms with Crippen LogP contribution in [0.1, 0.15) is 20.8 Å². The van der Waals surface area contributed by atoms with Crippen LogP contribution in [0.3, 0.4) is 0 Å². The van der Waals surface area contributed by atoms with Gasteiger partial charge in [-0.2, -0.15) is 18.2 Å². The summed E-state index contributed by atoms with van der Waals surface area (Å²) in [5, 5.41) is 5.11. The van der Waals surface area contributed by atoms with Crippen molar-refractivity contribution in [2.24, 2.45) is 0 Å². The summed E-state index contributed by atoms with van der Waals surface area (Å²) in [5.74, 6) is 0.748. The first-order valence-electron chi connectivity index (χ1n) is 8.68. The number of sulfonamides is 1. The fraction of sp³-hybridized carbons (Fsp3) is 0.353. The number of nitrogens with one attached hydrogen (secondary N) is 1. The SMILES string of the molecule is CC(C)(C)OC(=O)n1ncc2cc(NS(=O)(=O)c3c(Cl)nc4n3CCS4)ccc21.[Na]. The Kier molecular flexibility index (Phi) is 6.53. The maximum atomic E-state index is 12.9. The number of nitrogens with zero attached hydrogens (tertiary/aromatic N) is 4. The second kappa shape index (κ2) is 8.36. The second-order valence-electron chi connectivity index (χ2n) is 7.41. The molecule has 3 aromatic rings. The molecule has 9 nitrogen and oxygen atoms in total. The van der Waals surface area contributed by atoms with Crippen LogP contribution in [-0.4, -0.2) is 74.8 Å². The van der Waals surface area contributed by atoms with Crippen molar-refractivity contribution in [3.05, 3.63) is 29.5 Å². The van der Waals surface area contributed by atoms with Crippen molar-refractivity contribution in [2.75, 3.05) is 10.5 Å². The zero-order valence-corrected chi connectivity index (χ0v) is 21.2. The minimum atomic E-state index is -3.94. The number of carbonyl (C=O) groups is 1. The molecule has 30 heavy (non-hydrogen) atoms. The predicted molar refractivity (Wildman–Crippen MR) is 116 cm³/mol. The van der Waals surface area contributed by atoms with Gasteiger partial charge in [0.2, 0.25) is 0 Å². The molecule has 0 spiro atoms. The Morgan fingerprint density at radius 2 is 2.07 bits per heavy atom. The van der Waals surface area contributed by atoms with Crippen LogP contribution in [0, 0.1) is 0 Å². The second-order valence-corrected chi connectivity index (χ2v) is 10.4. The smallest absolute Gasteiger partial charge is 0.435 e. The van der Waals surface area contributed by atoms with Crippen LogP contribution in [0.4, 0.5) is 10.5 Å². The van der Waals surface area contributed by atoms with Crippen molar-refractivity contribution in [3.8, 4) is 0 Å². The third kappa shape index (κ3) is 4.51. The Morgan fingerprint density at radius 3 is 2.77 bits per heavy atom. The molecule has 0 aliphatic carbocycles. The summed E-state index contributed by atoms with van der Waals surface area (Å²) in [6, 6.07) is 4.74. The number of halogens is 1. The van der Waals surface area contributed by atoms with E-state index < -0.39 is 21.7 Å². The molecular weight excluding hydrogens is 461 g/mol. The van der Waals surface area contributed by atoms with E-state index in [-0.39, 0.29) is 39.7 Å². The number of rotatable bonds is 3. The molecular formula is C17H18ClN5NaO4S2. The van der Waals surface area contributed by atoms with Gasteiger partial charge in [-0.15, -0.1) is 0 Å². The maximum Gasteiger partial charge on any atom is 0.435 e. The number of hydrogen-bond donors (Lipinski definition) is 1. The molecule has 3 heterocycles. The Labute approximate surface area is 204 Å². The summed E-state index contributed by atoms with van der Waals surface area (Å²) in [4.78, 5) is 16.4. The average molecular weight is 479 g/mol. The van der Waals surface area contributed by atoms with Gasteiger partial charge in [-0.3, -0.25) is 4.72 Å². The zero-order valence-electron chi connectivity index (χ0n) is 16.8. The molecule has 0 atom stereocenters. The number of ether oxygens (including phenoxy) is 1. The van der Waals surface area contributed by atoms with Crippen molar-refractivity contribution in [3.63, 3.8) is 0 Å². The standard InChI is InChI=1S/C17H18ClN5O4S2.Na/c1-17(2,3)27-16(24)23-12-5-4-11(8-10(12)9-19-23)21-29(25,26)14-13(18)20-15-22(14)6-7-28-15;/h4-5,8-9,21H,6-7H2,1-3H3;. The summed E-state index contributed by atoms with van der Waals surface area (Å²) in [6.45, 7) is 5.82. The fourth-order valence-corrected chi connectivity index (χ4v) is 5.75. The number of carbonyl (C=O) groups excluding carboxylic acids is 1. The molecule has 1 N–H and O–H groups in total. The fourth-order valence-electron chi connectivity index (χ4n) is 2.93. The molecule has 155 valence electrons. The largest absolute Gasteiger partial charge is 0.442 e. The maximum absolute atomic E-state index is 12.9. The summed E-state index contributed by atoms with van der Waals surface area (Å²) in [6.07, 6.45) is 0.858. The van der Waals surface area contributed by atoms with E-state index in [0.717, 1.165) is 10.4 Å². The van der Waals surface area contributed by atoms with E-state index in [1.807, 2.05) is 0 Å². The summed E-state index contributed by atoms with van der Waals surface area (Å²) >= 11 is 7.53. The number of aromatic nitrogens is 4. The molecule has 13 heteroatoms. The molecule has 1 aliphatic rings. The Morgan fingerprint density at radius 1 is 1.33 bits per heavy atom.